The molecule has 0 unspecified atom stereocenters. The second-order valence-electron chi connectivity index (χ2n) is 5.70. The van der Waals surface area contributed by atoms with E-state index in [4.69, 9.17) is 0 Å². The molecule has 8 nitrogen and oxygen atoms in total. The molecule has 3 rings (SSSR count). The predicted octanol–water partition coefficient (Wildman–Crippen LogP) is 1.82. The van der Waals surface area contributed by atoms with Crippen LogP contribution in [0.3, 0.4) is 0 Å². The van der Waals surface area contributed by atoms with Crippen LogP contribution in [0.25, 0.3) is 22.5 Å². The Kier molecular flexibility index (Phi) is 7.05. The van der Waals surface area contributed by atoms with Gasteiger partial charge in [-0.1, -0.05) is 48.5 Å². The first-order valence-electron chi connectivity index (χ1n) is 8.17. The van der Waals surface area contributed by atoms with Crippen molar-refractivity contribution in [2.24, 2.45) is 7.05 Å². The van der Waals surface area contributed by atoms with Crippen LogP contribution in [0.4, 0.5) is 0 Å². The SMILES string of the molecule is COS(=O)(=O)[O-].C[n+]1c(-c2ccccc2)cc(-c2ccccc2)n1CC(=O)O. The average Bonchev–Trinajstić information content (AvgIpc) is 2.99. The summed E-state index contributed by atoms with van der Waals surface area (Å²) < 4.78 is 34.7. The van der Waals surface area contributed by atoms with E-state index in [0.717, 1.165) is 29.6 Å². The third-order valence-electron chi connectivity index (χ3n) is 3.89. The number of rotatable bonds is 5. The van der Waals surface area contributed by atoms with Gasteiger partial charge in [-0.3, -0.25) is 8.98 Å². The number of benzene rings is 2. The van der Waals surface area contributed by atoms with E-state index in [0.29, 0.717) is 0 Å². The lowest BCUT2D eigenvalue weighted by Gasteiger charge is -2.03. The summed E-state index contributed by atoms with van der Waals surface area (Å²) in [7, 11) is -1.72. The fourth-order valence-corrected chi connectivity index (χ4v) is 2.63. The van der Waals surface area contributed by atoms with Gasteiger partial charge in [0.2, 0.25) is 16.1 Å². The number of carboxylic acids is 1. The highest BCUT2D eigenvalue weighted by atomic mass is 32.3. The smallest absolute Gasteiger partial charge is 0.329 e. The van der Waals surface area contributed by atoms with Gasteiger partial charge in [0.25, 0.3) is 0 Å². The molecule has 0 saturated heterocycles. The molecule has 0 amide bonds. The van der Waals surface area contributed by atoms with Gasteiger partial charge in [-0.25, -0.2) is 8.42 Å². The van der Waals surface area contributed by atoms with Crippen LogP contribution in [0.15, 0.2) is 66.7 Å². The van der Waals surface area contributed by atoms with Crippen molar-refractivity contribution in [2.45, 2.75) is 6.54 Å². The fraction of sp³-hybridized carbons (Fsp3) is 0.158. The number of aliphatic carboxylic acids is 1. The second kappa shape index (κ2) is 9.27. The molecule has 0 fully saturated rings. The van der Waals surface area contributed by atoms with E-state index in [1.54, 1.807) is 4.68 Å². The van der Waals surface area contributed by atoms with Crippen LogP contribution in [-0.4, -0.2) is 35.8 Å². The second-order valence-corrected chi connectivity index (χ2v) is 6.85. The maximum absolute atomic E-state index is 11.2. The van der Waals surface area contributed by atoms with Crippen LogP contribution in [0.1, 0.15) is 0 Å². The minimum Gasteiger partial charge on any atom is -0.726 e. The minimum absolute atomic E-state index is 0.0758. The topological polar surface area (TPSA) is 113 Å². The average molecular weight is 404 g/mol. The van der Waals surface area contributed by atoms with Gasteiger partial charge in [0.1, 0.15) is 5.69 Å². The van der Waals surface area contributed by atoms with Crippen molar-refractivity contribution in [3.8, 4) is 22.5 Å². The summed E-state index contributed by atoms with van der Waals surface area (Å²) in [6.45, 7) is -0.0758. The molecule has 9 heteroatoms. The summed E-state index contributed by atoms with van der Waals surface area (Å²) in [6.07, 6.45) is 0. The third kappa shape index (κ3) is 5.74. The molecule has 0 aliphatic rings. The summed E-state index contributed by atoms with van der Waals surface area (Å²) in [5.41, 5.74) is 3.94. The molecule has 28 heavy (non-hydrogen) atoms. The summed E-state index contributed by atoms with van der Waals surface area (Å²) in [4.78, 5) is 11.2. The lowest BCUT2D eigenvalue weighted by molar-refractivity contribution is -0.741. The van der Waals surface area contributed by atoms with E-state index < -0.39 is 16.4 Å². The molecule has 1 aromatic heterocycles. The van der Waals surface area contributed by atoms with E-state index in [2.05, 4.69) is 4.18 Å². The van der Waals surface area contributed by atoms with Crippen LogP contribution in [0.5, 0.6) is 0 Å². The van der Waals surface area contributed by atoms with Crippen molar-refractivity contribution in [3.63, 3.8) is 0 Å². The Hall–Kier alpha value is -3.01. The van der Waals surface area contributed by atoms with Gasteiger partial charge in [0.15, 0.2) is 13.6 Å². The van der Waals surface area contributed by atoms with Gasteiger partial charge in [0.05, 0.1) is 7.11 Å². The van der Waals surface area contributed by atoms with Crippen molar-refractivity contribution in [3.05, 3.63) is 66.7 Å². The third-order valence-corrected chi connectivity index (χ3v) is 4.30. The molecule has 0 aliphatic heterocycles. The number of carbonyl (C=O) groups is 1. The largest absolute Gasteiger partial charge is 0.726 e. The molecule has 0 aliphatic carbocycles. The summed E-state index contributed by atoms with van der Waals surface area (Å²) in [6, 6.07) is 21.8. The number of nitrogens with zero attached hydrogens (tertiary/aromatic N) is 2. The Bertz CT molecular complexity index is 1030. The maximum atomic E-state index is 11.2. The zero-order valence-corrected chi connectivity index (χ0v) is 16.2. The van der Waals surface area contributed by atoms with E-state index >= 15 is 0 Å². The lowest BCUT2D eigenvalue weighted by atomic mass is 10.1. The molecular weight excluding hydrogens is 384 g/mol. The maximum Gasteiger partial charge on any atom is 0.329 e. The van der Waals surface area contributed by atoms with Crippen LogP contribution in [0.2, 0.25) is 0 Å². The number of carboxylic acid groups (broad SMARTS) is 1. The van der Waals surface area contributed by atoms with Crippen LogP contribution in [-0.2, 0) is 33.0 Å². The molecule has 1 N–H and O–H groups in total. The van der Waals surface area contributed by atoms with E-state index in [1.807, 2.05) is 78.5 Å². The van der Waals surface area contributed by atoms with Gasteiger partial charge < -0.3 is 9.66 Å². The van der Waals surface area contributed by atoms with E-state index in [1.165, 1.54) is 0 Å². The molecule has 0 atom stereocenters. The number of hydrogen-bond acceptors (Lipinski definition) is 5. The normalized spacial score (nSPS) is 10.8. The van der Waals surface area contributed by atoms with Crippen molar-refractivity contribution in [1.82, 2.24) is 4.68 Å². The molecule has 2 aromatic carbocycles. The van der Waals surface area contributed by atoms with Crippen molar-refractivity contribution < 1.29 is 31.7 Å². The van der Waals surface area contributed by atoms with Crippen molar-refractivity contribution in [1.29, 1.82) is 0 Å². The van der Waals surface area contributed by atoms with E-state index in [9.17, 15) is 22.9 Å². The highest BCUT2D eigenvalue weighted by molar-refractivity contribution is 7.80. The summed E-state index contributed by atoms with van der Waals surface area (Å²) in [5, 5.41) is 9.21. The van der Waals surface area contributed by atoms with Crippen molar-refractivity contribution in [2.75, 3.05) is 7.11 Å². The zero-order chi connectivity index (χ0) is 20.7. The molecule has 148 valence electrons. The molecule has 0 radical (unpaired) electrons. The Morgan fingerprint density at radius 1 is 1.07 bits per heavy atom. The van der Waals surface area contributed by atoms with Crippen LogP contribution in [0, 0.1) is 0 Å². The van der Waals surface area contributed by atoms with Gasteiger partial charge in [-0.15, -0.1) is 9.36 Å². The Morgan fingerprint density at radius 3 is 1.96 bits per heavy atom. The van der Waals surface area contributed by atoms with Gasteiger partial charge in [-0.05, 0) is 12.1 Å². The van der Waals surface area contributed by atoms with Gasteiger partial charge in [0, 0.05) is 17.2 Å². The predicted molar refractivity (Wildman–Crippen MR) is 101 cm³/mol. The van der Waals surface area contributed by atoms with E-state index in [-0.39, 0.29) is 6.54 Å². The molecular formula is C19H20N2O6S. The summed E-state index contributed by atoms with van der Waals surface area (Å²) >= 11 is 0. The molecule has 0 spiro atoms. The highest BCUT2D eigenvalue weighted by Gasteiger charge is 2.23. The fourth-order valence-electron chi connectivity index (χ4n) is 2.63. The molecule has 3 aromatic rings. The molecule has 0 bridgehead atoms. The monoisotopic (exact) mass is 404 g/mol. The number of hydrogen-bond donors (Lipinski definition) is 1. The first kappa shape index (κ1) is 21.3. The Balaban J connectivity index is 0.000000409. The standard InChI is InChI=1S/C18H16N2O2.CH4O4S/c1-19-16(14-8-4-2-5-9-14)12-17(20(19)13-18(21)22)15-10-6-3-7-11-15;1-5-6(2,3)4/h2-12H,13H2,1H3;1H3,(H,2,3,4). The highest BCUT2D eigenvalue weighted by Crippen LogP contribution is 2.24. The number of aromatic nitrogens is 2. The summed E-state index contributed by atoms with van der Waals surface area (Å²) in [5.74, 6) is -0.858. The molecule has 1 heterocycles. The molecule has 0 saturated carbocycles. The minimum atomic E-state index is -4.41. The zero-order valence-electron chi connectivity index (χ0n) is 15.3. The Morgan fingerprint density at radius 2 is 1.54 bits per heavy atom. The quantitative estimate of drug-likeness (QED) is 0.394. The lowest BCUT2D eigenvalue weighted by Crippen LogP contribution is -2.42. The Labute approximate surface area is 163 Å². The van der Waals surface area contributed by atoms with Gasteiger partial charge >= 0.3 is 5.97 Å². The van der Waals surface area contributed by atoms with Gasteiger partial charge in [-0.2, -0.15) is 0 Å². The first-order chi connectivity index (χ1) is 13.2. The van der Waals surface area contributed by atoms with Crippen LogP contribution >= 0.6 is 0 Å². The van der Waals surface area contributed by atoms with Crippen molar-refractivity contribution >= 4 is 16.4 Å². The first-order valence-corrected chi connectivity index (χ1v) is 9.50. The van der Waals surface area contributed by atoms with Crippen LogP contribution < -0.4 is 4.68 Å².